The Balaban J connectivity index is 1.74. The van der Waals surface area contributed by atoms with Gasteiger partial charge in [-0.3, -0.25) is 19.7 Å². The summed E-state index contributed by atoms with van der Waals surface area (Å²) in [5.41, 5.74) is 0.395. The highest BCUT2D eigenvalue weighted by Crippen LogP contribution is 2.16. The Labute approximate surface area is 151 Å². The number of hydrogen-bond acceptors (Lipinski definition) is 7. The summed E-state index contributed by atoms with van der Waals surface area (Å²) in [5, 5.41) is 19.5. The molecule has 9 nitrogen and oxygen atoms in total. The highest BCUT2D eigenvalue weighted by atomic mass is 16.6. The van der Waals surface area contributed by atoms with Gasteiger partial charge >= 0.3 is 0 Å². The number of carbonyl (C=O) groups excluding carboxylic acids is 1. The summed E-state index contributed by atoms with van der Waals surface area (Å²) in [7, 11) is 0. The number of benzene rings is 2. The van der Waals surface area contributed by atoms with Crippen molar-refractivity contribution < 1.29 is 9.72 Å². The van der Waals surface area contributed by atoms with Crippen molar-refractivity contribution in [3.63, 3.8) is 0 Å². The van der Waals surface area contributed by atoms with Crippen LogP contribution < -0.4 is 5.56 Å². The van der Waals surface area contributed by atoms with E-state index in [9.17, 15) is 19.7 Å². The number of aromatic nitrogens is 4. The van der Waals surface area contributed by atoms with Crippen molar-refractivity contribution in [1.29, 1.82) is 0 Å². The Kier molecular flexibility index (Phi) is 3.88. The van der Waals surface area contributed by atoms with E-state index in [0.717, 1.165) is 0 Å². The Morgan fingerprint density at radius 3 is 2.74 bits per heavy atom. The number of para-hydroxylation sites is 1. The Morgan fingerprint density at radius 2 is 1.93 bits per heavy atom. The van der Waals surface area contributed by atoms with Gasteiger partial charge in [-0.25, -0.2) is 9.38 Å². The van der Waals surface area contributed by atoms with Crippen molar-refractivity contribution in [3.8, 4) is 0 Å². The quantitative estimate of drug-likeness (QED) is 0.236. The molecular weight excluding hydrogens is 350 g/mol. The fourth-order valence-corrected chi connectivity index (χ4v) is 2.78. The van der Waals surface area contributed by atoms with Crippen LogP contribution in [0.1, 0.15) is 16.1 Å². The SMILES string of the molecule is O=C(Cc1nnc2c3ccccc3ncn2c1=O)c1cccc([N+](=O)[O-])c1. The van der Waals surface area contributed by atoms with Gasteiger partial charge in [0.05, 0.1) is 16.9 Å². The number of nitro groups is 1. The van der Waals surface area contributed by atoms with E-state index in [1.807, 2.05) is 6.07 Å². The highest BCUT2D eigenvalue weighted by Gasteiger charge is 2.16. The number of fused-ring (bicyclic) bond motifs is 3. The fourth-order valence-electron chi connectivity index (χ4n) is 2.78. The Morgan fingerprint density at radius 1 is 1.11 bits per heavy atom. The van der Waals surface area contributed by atoms with Crippen LogP contribution in [0.2, 0.25) is 0 Å². The molecule has 0 bridgehead atoms. The molecule has 132 valence electrons. The molecule has 0 amide bonds. The zero-order chi connectivity index (χ0) is 19.0. The first-order chi connectivity index (χ1) is 13.0. The van der Waals surface area contributed by atoms with Crippen molar-refractivity contribution in [3.05, 3.63) is 86.6 Å². The van der Waals surface area contributed by atoms with Gasteiger partial charge in [0.1, 0.15) is 12.0 Å². The third-order valence-electron chi connectivity index (χ3n) is 4.12. The predicted octanol–water partition coefficient (Wildman–Crippen LogP) is 1.97. The van der Waals surface area contributed by atoms with Gasteiger partial charge in [-0.1, -0.05) is 24.3 Å². The monoisotopic (exact) mass is 361 g/mol. The predicted molar refractivity (Wildman–Crippen MR) is 95.7 cm³/mol. The van der Waals surface area contributed by atoms with Crippen LogP contribution in [0, 0.1) is 10.1 Å². The van der Waals surface area contributed by atoms with Gasteiger partial charge in [0.25, 0.3) is 11.2 Å². The summed E-state index contributed by atoms with van der Waals surface area (Å²) in [6.07, 6.45) is 1.03. The summed E-state index contributed by atoms with van der Waals surface area (Å²) >= 11 is 0. The molecule has 0 aliphatic rings. The second-order valence-corrected chi connectivity index (χ2v) is 5.81. The summed E-state index contributed by atoms with van der Waals surface area (Å²) < 4.78 is 1.24. The third kappa shape index (κ3) is 2.91. The molecule has 2 aromatic heterocycles. The molecule has 2 aromatic carbocycles. The second-order valence-electron chi connectivity index (χ2n) is 5.81. The van der Waals surface area contributed by atoms with Crippen LogP contribution in [0.4, 0.5) is 5.69 Å². The average molecular weight is 361 g/mol. The number of ketones is 1. The zero-order valence-electron chi connectivity index (χ0n) is 13.8. The van der Waals surface area contributed by atoms with Gasteiger partial charge in [0.15, 0.2) is 11.4 Å². The Hall–Kier alpha value is -4.01. The molecule has 2 heterocycles. The van der Waals surface area contributed by atoms with Gasteiger partial charge in [-0.2, -0.15) is 0 Å². The van der Waals surface area contributed by atoms with Crippen LogP contribution in [0.15, 0.2) is 59.7 Å². The molecule has 0 atom stereocenters. The molecule has 0 saturated carbocycles. The minimum absolute atomic E-state index is 0.0545. The normalized spacial score (nSPS) is 11.0. The second kappa shape index (κ2) is 6.37. The van der Waals surface area contributed by atoms with Crippen molar-refractivity contribution in [2.45, 2.75) is 6.42 Å². The van der Waals surface area contributed by atoms with Crippen LogP contribution in [0.25, 0.3) is 16.6 Å². The maximum absolute atomic E-state index is 12.7. The van der Waals surface area contributed by atoms with E-state index in [2.05, 4.69) is 15.2 Å². The third-order valence-corrected chi connectivity index (χ3v) is 4.12. The van der Waals surface area contributed by atoms with E-state index >= 15 is 0 Å². The van der Waals surface area contributed by atoms with E-state index in [1.54, 1.807) is 18.2 Å². The number of rotatable bonds is 4. The lowest BCUT2D eigenvalue weighted by Gasteiger charge is -2.05. The van der Waals surface area contributed by atoms with Gasteiger partial charge in [0.2, 0.25) is 0 Å². The molecule has 0 saturated heterocycles. The summed E-state index contributed by atoms with van der Waals surface area (Å²) in [6, 6.07) is 12.5. The van der Waals surface area contributed by atoms with Crippen molar-refractivity contribution >= 4 is 28.0 Å². The van der Waals surface area contributed by atoms with E-state index in [1.165, 1.54) is 35.0 Å². The van der Waals surface area contributed by atoms with E-state index in [0.29, 0.717) is 16.6 Å². The van der Waals surface area contributed by atoms with E-state index < -0.39 is 16.3 Å². The smallest absolute Gasteiger partial charge is 0.281 e. The minimum atomic E-state index is -0.585. The van der Waals surface area contributed by atoms with Gasteiger partial charge < -0.3 is 0 Å². The van der Waals surface area contributed by atoms with Gasteiger partial charge in [-0.05, 0) is 12.1 Å². The lowest BCUT2D eigenvalue weighted by atomic mass is 10.1. The zero-order valence-corrected chi connectivity index (χ0v) is 13.8. The first-order valence-corrected chi connectivity index (χ1v) is 7.94. The van der Waals surface area contributed by atoms with Crippen LogP contribution in [0.5, 0.6) is 0 Å². The summed E-state index contributed by atoms with van der Waals surface area (Å²) in [5.74, 6) is -0.459. The van der Waals surface area contributed by atoms with Crippen LogP contribution in [0.3, 0.4) is 0 Å². The molecule has 0 N–H and O–H groups in total. The molecule has 0 aliphatic carbocycles. The molecule has 0 radical (unpaired) electrons. The van der Waals surface area contributed by atoms with Crippen LogP contribution in [-0.2, 0) is 6.42 Å². The number of carbonyl (C=O) groups is 1. The van der Waals surface area contributed by atoms with Gasteiger partial charge in [0, 0.05) is 23.1 Å². The maximum atomic E-state index is 12.7. The lowest BCUT2D eigenvalue weighted by molar-refractivity contribution is -0.384. The van der Waals surface area contributed by atoms with E-state index in [-0.39, 0.29) is 23.4 Å². The van der Waals surface area contributed by atoms with E-state index in [4.69, 9.17) is 0 Å². The summed E-state index contributed by atoms with van der Waals surface area (Å²) in [6.45, 7) is 0. The number of nitro benzene ring substituents is 1. The number of non-ortho nitro benzene ring substituents is 1. The standard InChI is InChI=1S/C18H11N5O4/c24-16(11-4-3-5-12(8-11)23(26)27)9-15-18(25)22-10-19-14-7-2-1-6-13(14)17(22)21-20-15/h1-8,10H,9H2. The average Bonchev–Trinajstić information content (AvgIpc) is 2.69. The molecular formula is C18H11N5O4. The largest absolute Gasteiger partial charge is 0.294 e. The first kappa shape index (κ1) is 16.5. The van der Waals surface area contributed by atoms with Crippen LogP contribution >= 0.6 is 0 Å². The van der Waals surface area contributed by atoms with Crippen molar-refractivity contribution in [2.24, 2.45) is 0 Å². The van der Waals surface area contributed by atoms with Crippen molar-refractivity contribution in [1.82, 2.24) is 19.6 Å². The highest BCUT2D eigenvalue weighted by molar-refractivity contribution is 5.98. The topological polar surface area (TPSA) is 120 Å². The molecule has 27 heavy (non-hydrogen) atoms. The lowest BCUT2D eigenvalue weighted by Crippen LogP contribution is -2.24. The maximum Gasteiger partial charge on any atom is 0.281 e. The molecule has 4 aromatic rings. The number of hydrogen-bond donors (Lipinski definition) is 0. The molecule has 0 spiro atoms. The molecule has 9 heteroatoms. The first-order valence-electron chi connectivity index (χ1n) is 7.94. The number of Topliss-reactive ketones (excluding diaryl/α,β-unsaturated/α-hetero) is 1. The minimum Gasteiger partial charge on any atom is -0.294 e. The van der Waals surface area contributed by atoms with Crippen molar-refractivity contribution in [2.75, 3.05) is 0 Å². The molecule has 0 aliphatic heterocycles. The summed E-state index contributed by atoms with van der Waals surface area (Å²) in [4.78, 5) is 39.6. The van der Waals surface area contributed by atoms with Crippen LogP contribution in [-0.4, -0.2) is 30.3 Å². The van der Waals surface area contributed by atoms with Gasteiger partial charge in [-0.15, -0.1) is 10.2 Å². The fraction of sp³-hybridized carbons (Fsp3) is 0.0556. The molecule has 0 fully saturated rings. The molecule has 4 rings (SSSR count). The molecule has 0 unspecified atom stereocenters. The number of nitrogens with zero attached hydrogens (tertiary/aromatic N) is 5. The Bertz CT molecular complexity index is 1280.